The lowest BCUT2D eigenvalue weighted by Gasteiger charge is -2.15. The van der Waals surface area contributed by atoms with Gasteiger partial charge in [0.25, 0.3) is 0 Å². The van der Waals surface area contributed by atoms with Crippen LogP contribution in [-0.2, 0) is 6.54 Å². The Morgan fingerprint density at radius 3 is 2.62 bits per heavy atom. The minimum Gasteiger partial charge on any atom is -0.497 e. The standard InChI is InChI=1S/C21H23N3OS/c1-25-18-9-7-16(8-10-18)21-23-17(14-26-21)11-24-12-19(20(22)13-24)15-5-3-2-4-6-15/h2-10,14,19-20H,11-13,22H2,1H3/t19-,20+/m0/s1. The highest BCUT2D eigenvalue weighted by Crippen LogP contribution is 2.29. The molecule has 0 aliphatic carbocycles. The molecule has 4 rings (SSSR count). The second kappa shape index (κ2) is 7.58. The summed E-state index contributed by atoms with van der Waals surface area (Å²) in [6.45, 7) is 2.75. The second-order valence-corrected chi connectivity index (χ2v) is 7.61. The smallest absolute Gasteiger partial charge is 0.123 e. The maximum Gasteiger partial charge on any atom is 0.123 e. The van der Waals surface area contributed by atoms with Gasteiger partial charge in [0.15, 0.2) is 0 Å². The molecule has 1 aliphatic heterocycles. The Kier molecular flexibility index (Phi) is 5.02. The van der Waals surface area contributed by atoms with E-state index in [1.165, 1.54) is 5.56 Å². The molecule has 2 heterocycles. The summed E-state index contributed by atoms with van der Waals surface area (Å²) in [6, 6.07) is 18.8. The molecule has 3 aromatic rings. The predicted octanol–water partition coefficient (Wildman–Crippen LogP) is 3.75. The Bertz CT molecular complexity index is 847. The van der Waals surface area contributed by atoms with Crippen molar-refractivity contribution >= 4 is 11.3 Å². The number of thiazole rings is 1. The van der Waals surface area contributed by atoms with Crippen molar-refractivity contribution in [2.45, 2.75) is 18.5 Å². The van der Waals surface area contributed by atoms with E-state index in [1.807, 2.05) is 12.1 Å². The number of aromatic nitrogens is 1. The summed E-state index contributed by atoms with van der Waals surface area (Å²) in [7, 11) is 1.68. The SMILES string of the molecule is COc1ccc(-c2nc(CN3C[C@@H](N)[C@H](c4ccccc4)C3)cs2)cc1. The molecular weight excluding hydrogens is 342 g/mol. The average Bonchev–Trinajstić information content (AvgIpc) is 3.29. The Labute approximate surface area is 158 Å². The van der Waals surface area contributed by atoms with Crippen LogP contribution in [0.1, 0.15) is 17.2 Å². The van der Waals surface area contributed by atoms with Crippen LogP contribution in [0.25, 0.3) is 10.6 Å². The van der Waals surface area contributed by atoms with Gasteiger partial charge < -0.3 is 10.5 Å². The van der Waals surface area contributed by atoms with Gasteiger partial charge in [0, 0.05) is 42.5 Å². The third-order valence-corrected chi connectivity index (χ3v) is 5.88. The molecule has 0 unspecified atom stereocenters. The van der Waals surface area contributed by atoms with E-state index in [9.17, 15) is 0 Å². The van der Waals surface area contributed by atoms with E-state index >= 15 is 0 Å². The van der Waals surface area contributed by atoms with Crippen LogP contribution in [0.2, 0.25) is 0 Å². The number of nitrogens with zero attached hydrogens (tertiary/aromatic N) is 2. The molecule has 0 spiro atoms. The molecule has 0 bridgehead atoms. The van der Waals surface area contributed by atoms with E-state index in [2.05, 4.69) is 52.7 Å². The first-order valence-electron chi connectivity index (χ1n) is 8.84. The summed E-state index contributed by atoms with van der Waals surface area (Å²) in [5, 5.41) is 3.20. The molecule has 134 valence electrons. The minimum absolute atomic E-state index is 0.178. The molecule has 0 amide bonds. The van der Waals surface area contributed by atoms with Gasteiger partial charge in [-0.05, 0) is 29.8 Å². The zero-order valence-corrected chi connectivity index (χ0v) is 15.7. The molecule has 2 atom stereocenters. The first-order valence-corrected chi connectivity index (χ1v) is 9.72. The fourth-order valence-electron chi connectivity index (χ4n) is 3.57. The zero-order valence-electron chi connectivity index (χ0n) is 14.8. The van der Waals surface area contributed by atoms with Crippen molar-refractivity contribution < 1.29 is 4.74 Å². The Hall–Kier alpha value is -2.21. The molecule has 4 nitrogen and oxygen atoms in total. The van der Waals surface area contributed by atoms with E-state index in [0.717, 1.165) is 41.6 Å². The molecule has 1 fully saturated rings. The second-order valence-electron chi connectivity index (χ2n) is 6.75. The van der Waals surface area contributed by atoms with Crippen molar-refractivity contribution in [1.82, 2.24) is 9.88 Å². The lowest BCUT2D eigenvalue weighted by molar-refractivity contribution is 0.320. The quantitative estimate of drug-likeness (QED) is 0.748. The topological polar surface area (TPSA) is 51.4 Å². The maximum absolute atomic E-state index is 6.41. The molecule has 1 saturated heterocycles. The molecule has 26 heavy (non-hydrogen) atoms. The highest BCUT2D eigenvalue weighted by molar-refractivity contribution is 7.13. The molecule has 1 aromatic heterocycles. The van der Waals surface area contributed by atoms with Crippen LogP contribution in [-0.4, -0.2) is 36.1 Å². The fourth-order valence-corrected chi connectivity index (χ4v) is 4.39. The minimum atomic E-state index is 0.178. The zero-order chi connectivity index (χ0) is 17.9. The van der Waals surface area contributed by atoms with Gasteiger partial charge in [-0.2, -0.15) is 0 Å². The number of methoxy groups -OCH3 is 1. The number of hydrogen-bond acceptors (Lipinski definition) is 5. The molecule has 5 heteroatoms. The van der Waals surface area contributed by atoms with Crippen molar-refractivity contribution in [1.29, 1.82) is 0 Å². The Balaban J connectivity index is 1.43. The van der Waals surface area contributed by atoms with E-state index in [0.29, 0.717) is 5.92 Å². The number of hydrogen-bond donors (Lipinski definition) is 1. The molecule has 2 aromatic carbocycles. The van der Waals surface area contributed by atoms with Crippen LogP contribution in [0.5, 0.6) is 5.75 Å². The third kappa shape index (κ3) is 3.65. The number of likely N-dealkylation sites (tertiary alicyclic amines) is 1. The first kappa shape index (κ1) is 17.2. The van der Waals surface area contributed by atoms with Crippen LogP contribution >= 0.6 is 11.3 Å². The number of benzene rings is 2. The molecule has 1 aliphatic rings. The van der Waals surface area contributed by atoms with Gasteiger partial charge in [-0.3, -0.25) is 4.90 Å². The van der Waals surface area contributed by atoms with Gasteiger partial charge in [0.05, 0.1) is 12.8 Å². The van der Waals surface area contributed by atoms with Crippen molar-refractivity contribution in [2.24, 2.45) is 5.73 Å². The third-order valence-electron chi connectivity index (χ3n) is 4.94. The van der Waals surface area contributed by atoms with Crippen LogP contribution in [0.3, 0.4) is 0 Å². The normalized spacial score (nSPS) is 20.4. The average molecular weight is 366 g/mol. The van der Waals surface area contributed by atoms with Crippen molar-refractivity contribution in [3.05, 3.63) is 71.2 Å². The maximum atomic E-state index is 6.41. The monoisotopic (exact) mass is 365 g/mol. The van der Waals surface area contributed by atoms with E-state index < -0.39 is 0 Å². The lowest BCUT2D eigenvalue weighted by atomic mass is 9.95. The summed E-state index contributed by atoms with van der Waals surface area (Å²) < 4.78 is 5.22. The van der Waals surface area contributed by atoms with Gasteiger partial charge in [-0.25, -0.2) is 4.98 Å². The number of ether oxygens (including phenoxy) is 1. The van der Waals surface area contributed by atoms with Crippen LogP contribution in [0, 0.1) is 0 Å². The molecular formula is C21H23N3OS. The first-order chi connectivity index (χ1) is 12.7. The summed E-state index contributed by atoms with van der Waals surface area (Å²) in [6.07, 6.45) is 0. The molecule has 0 saturated carbocycles. The van der Waals surface area contributed by atoms with Crippen molar-refractivity contribution in [2.75, 3.05) is 20.2 Å². The summed E-state index contributed by atoms with van der Waals surface area (Å²) in [4.78, 5) is 7.23. The van der Waals surface area contributed by atoms with Crippen LogP contribution < -0.4 is 10.5 Å². The van der Waals surface area contributed by atoms with Crippen LogP contribution in [0.15, 0.2) is 60.0 Å². The highest BCUT2D eigenvalue weighted by Gasteiger charge is 2.31. The Morgan fingerprint density at radius 2 is 1.88 bits per heavy atom. The van der Waals surface area contributed by atoms with E-state index in [4.69, 9.17) is 15.5 Å². The largest absolute Gasteiger partial charge is 0.497 e. The summed E-state index contributed by atoms with van der Waals surface area (Å²) in [5.74, 6) is 1.26. The Morgan fingerprint density at radius 1 is 1.12 bits per heavy atom. The molecule has 2 N–H and O–H groups in total. The van der Waals surface area contributed by atoms with Crippen molar-refractivity contribution in [3.63, 3.8) is 0 Å². The number of rotatable bonds is 5. The van der Waals surface area contributed by atoms with Gasteiger partial charge in [0.1, 0.15) is 10.8 Å². The van der Waals surface area contributed by atoms with Gasteiger partial charge in [-0.1, -0.05) is 30.3 Å². The van der Waals surface area contributed by atoms with Crippen molar-refractivity contribution in [3.8, 4) is 16.3 Å². The summed E-state index contributed by atoms with van der Waals surface area (Å²) >= 11 is 1.69. The van der Waals surface area contributed by atoms with Gasteiger partial charge in [-0.15, -0.1) is 11.3 Å². The fraction of sp³-hybridized carbons (Fsp3) is 0.286. The lowest BCUT2D eigenvalue weighted by Crippen LogP contribution is -2.28. The van der Waals surface area contributed by atoms with Gasteiger partial charge >= 0.3 is 0 Å². The number of nitrogens with two attached hydrogens (primary N) is 1. The highest BCUT2D eigenvalue weighted by atomic mass is 32.1. The van der Waals surface area contributed by atoms with E-state index in [1.54, 1.807) is 18.4 Å². The van der Waals surface area contributed by atoms with Gasteiger partial charge in [0.2, 0.25) is 0 Å². The molecule has 0 radical (unpaired) electrons. The van der Waals surface area contributed by atoms with Crippen LogP contribution in [0.4, 0.5) is 0 Å². The summed E-state index contributed by atoms with van der Waals surface area (Å²) in [5.41, 5.74) is 9.98. The van der Waals surface area contributed by atoms with E-state index in [-0.39, 0.29) is 6.04 Å². The predicted molar refractivity (Wildman–Crippen MR) is 107 cm³/mol.